The molecule has 1 aliphatic heterocycles. The van der Waals surface area contributed by atoms with Crippen molar-refractivity contribution in [1.29, 1.82) is 0 Å². The number of anilines is 2. The highest BCUT2D eigenvalue weighted by Gasteiger charge is 2.25. The largest absolute Gasteiger partial charge is 0.399 e. The van der Waals surface area contributed by atoms with Crippen LogP contribution in [0.3, 0.4) is 0 Å². The zero-order valence-corrected chi connectivity index (χ0v) is 10.1. The first-order valence-corrected chi connectivity index (χ1v) is 7.04. The second-order valence-corrected chi connectivity index (χ2v) is 6.15. The summed E-state index contributed by atoms with van der Waals surface area (Å²) in [6.07, 6.45) is 1.79. The molecule has 4 nitrogen and oxygen atoms in total. The number of aryl methyl sites for hydroxylation is 1. The Balaban J connectivity index is 2.51. The van der Waals surface area contributed by atoms with Gasteiger partial charge < -0.3 is 5.73 Å². The predicted molar refractivity (Wildman–Crippen MR) is 66.0 cm³/mol. The van der Waals surface area contributed by atoms with E-state index in [1.807, 2.05) is 12.1 Å². The van der Waals surface area contributed by atoms with Crippen LogP contribution >= 0.6 is 0 Å². The normalized spacial score (nSPS) is 15.9. The highest BCUT2D eigenvalue weighted by Crippen LogP contribution is 2.31. The molecular weight excluding hydrogens is 224 g/mol. The van der Waals surface area contributed by atoms with Crippen molar-refractivity contribution in [1.82, 2.24) is 0 Å². The van der Waals surface area contributed by atoms with Gasteiger partial charge in [-0.3, -0.25) is 4.31 Å². The number of hydrogen-bond donors (Lipinski definition) is 1. The molecule has 2 rings (SSSR count). The summed E-state index contributed by atoms with van der Waals surface area (Å²) in [5.74, 6) is 0.126. The summed E-state index contributed by atoms with van der Waals surface area (Å²) in [4.78, 5) is 0. The standard InChI is InChI=1S/C11H16N2O2S/c1-2-16(14,15)13-7-3-4-9-5-6-10(12)8-11(9)13/h5-6,8H,2-4,7,12H2,1H3. The molecule has 0 atom stereocenters. The Morgan fingerprint density at radius 3 is 2.88 bits per heavy atom. The number of benzene rings is 1. The lowest BCUT2D eigenvalue weighted by molar-refractivity contribution is 0.588. The molecule has 0 fully saturated rings. The third kappa shape index (κ3) is 1.87. The Bertz CT molecular complexity index is 497. The first-order chi connectivity index (χ1) is 7.54. The smallest absolute Gasteiger partial charge is 0.234 e. The number of hydrogen-bond acceptors (Lipinski definition) is 3. The molecule has 0 radical (unpaired) electrons. The second kappa shape index (κ2) is 3.97. The summed E-state index contributed by atoms with van der Waals surface area (Å²) in [7, 11) is -3.17. The maximum atomic E-state index is 11.9. The molecule has 0 aliphatic carbocycles. The summed E-state index contributed by atoms with van der Waals surface area (Å²) in [5.41, 5.74) is 8.14. The van der Waals surface area contributed by atoms with Gasteiger partial charge >= 0.3 is 0 Å². The van der Waals surface area contributed by atoms with Crippen molar-refractivity contribution < 1.29 is 8.42 Å². The van der Waals surface area contributed by atoms with Gasteiger partial charge in [-0.15, -0.1) is 0 Å². The van der Waals surface area contributed by atoms with Gasteiger partial charge in [0.25, 0.3) is 0 Å². The molecule has 88 valence electrons. The topological polar surface area (TPSA) is 63.4 Å². The molecule has 5 heteroatoms. The zero-order valence-electron chi connectivity index (χ0n) is 9.31. The molecule has 1 aliphatic rings. The number of rotatable bonds is 2. The van der Waals surface area contributed by atoms with Gasteiger partial charge in [-0.2, -0.15) is 0 Å². The van der Waals surface area contributed by atoms with Crippen molar-refractivity contribution in [3.05, 3.63) is 23.8 Å². The van der Waals surface area contributed by atoms with E-state index in [-0.39, 0.29) is 5.75 Å². The summed E-state index contributed by atoms with van der Waals surface area (Å²) in [6, 6.07) is 5.49. The fraction of sp³-hybridized carbons (Fsp3) is 0.455. The van der Waals surface area contributed by atoms with Crippen LogP contribution < -0.4 is 10.0 Å². The van der Waals surface area contributed by atoms with Gasteiger partial charge in [0.2, 0.25) is 10.0 Å². The third-order valence-electron chi connectivity index (χ3n) is 2.89. The lowest BCUT2D eigenvalue weighted by Crippen LogP contribution is -2.36. The van der Waals surface area contributed by atoms with E-state index in [0.29, 0.717) is 12.2 Å². The fourth-order valence-electron chi connectivity index (χ4n) is 2.00. The Hall–Kier alpha value is -1.23. The minimum absolute atomic E-state index is 0.126. The first kappa shape index (κ1) is 11.3. The van der Waals surface area contributed by atoms with Crippen LogP contribution in [0.25, 0.3) is 0 Å². The number of nitrogens with zero attached hydrogens (tertiary/aromatic N) is 1. The summed E-state index contributed by atoms with van der Waals surface area (Å²) in [5, 5.41) is 0. The number of fused-ring (bicyclic) bond motifs is 1. The second-order valence-electron chi connectivity index (χ2n) is 3.96. The average molecular weight is 240 g/mol. The first-order valence-electron chi connectivity index (χ1n) is 5.43. The maximum absolute atomic E-state index is 11.9. The van der Waals surface area contributed by atoms with Crippen LogP contribution in [0.5, 0.6) is 0 Å². The zero-order chi connectivity index (χ0) is 11.8. The molecule has 1 aromatic carbocycles. The van der Waals surface area contributed by atoms with Crippen LogP contribution in [0.1, 0.15) is 18.9 Å². The Morgan fingerprint density at radius 1 is 1.44 bits per heavy atom. The Morgan fingerprint density at radius 2 is 2.19 bits per heavy atom. The molecule has 0 saturated heterocycles. The quantitative estimate of drug-likeness (QED) is 0.794. The van der Waals surface area contributed by atoms with Crippen LogP contribution in [0, 0.1) is 0 Å². The highest BCUT2D eigenvalue weighted by molar-refractivity contribution is 7.92. The fourth-order valence-corrected chi connectivity index (χ4v) is 3.19. The minimum atomic E-state index is -3.17. The van der Waals surface area contributed by atoms with Crippen molar-refractivity contribution in [3.63, 3.8) is 0 Å². The van der Waals surface area contributed by atoms with Gasteiger partial charge in [0.15, 0.2) is 0 Å². The monoisotopic (exact) mass is 240 g/mol. The van der Waals surface area contributed by atoms with Crippen molar-refractivity contribution >= 4 is 21.4 Å². The van der Waals surface area contributed by atoms with E-state index >= 15 is 0 Å². The SMILES string of the molecule is CCS(=O)(=O)N1CCCc2ccc(N)cc21. The van der Waals surface area contributed by atoms with Crippen LogP contribution in [-0.4, -0.2) is 20.7 Å². The van der Waals surface area contributed by atoms with Crippen LogP contribution in [0.4, 0.5) is 11.4 Å². The lowest BCUT2D eigenvalue weighted by Gasteiger charge is -2.30. The van der Waals surface area contributed by atoms with Crippen molar-refractivity contribution in [2.24, 2.45) is 0 Å². The van der Waals surface area contributed by atoms with E-state index in [1.54, 1.807) is 13.0 Å². The van der Waals surface area contributed by atoms with E-state index in [9.17, 15) is 8.42 Å². The van der Waals surface area contributed by atoms with Gasteiger partial charge in [0.1, 0.15) is 0 Å². The molecule has 0 unspecified atom stereocenters. The van der Waals surface area contributed by atoms with Gasteiger partial charge in [0.05, 0.1) is 11.4 Å². The van der Waals surface area contributed by atoms with Gasteiger partial charge in [-0.1, -0.05) is 6.07 Å². The van der Waals surface area contributed by atoms with Crippen molar-refractivity contribution in [2.45, 2.75) is 19.8 Å². The van der Waals surface area contributed by atoms with E-state index in [2.05, 4.69) is 0 Å². The highest BCUT2D eigenvalue weighted by atomic mass is 32.2. The third-order valence-corrected chi connectivity index (χ3v) is 4.67. The van der Waals surface area contributed by atoms with E-state index in [1.165, 1.54) is 4.31 Å². The number of sulfonamides is 1. The number of nitrogens with two attached hydrogens (primary N) is 1. The van der Waals surface area contributed by atoms with Crippen molar-refractivity contribution in [3.8, 4) is 0 Å². The van der Waals surface area contributed by atoms with Gasteiger partial charge in [-0.25, -0.2) is 8.42 Å². The molecule has 1 heterocycles. The van der Waals surface area contributed by atoms with E-state index in [4.69, 9.17) is 5.73 Å². The predicted octanol–water partition coefficient (Wildman–Crippen LogP) is 1.37. The van der Waals surface area contributed by atoms with Crippen molar-refractivity contribution in [2.75, 3.05) is 22.3 Å². The average Bonchev–Trinajstić information content (AvgIpc) is 2.28. The summed E-state index contributed by atoms with van der Waals surface area (Å²) >= 11 is 0. The minimum Gasteiger partial charge on any atom is -0.399 e. The summed E-state index contributed by atoms with van der Waals surface area (Å²) in [6.45, 7) is 2.22. The molecule has 0 amide bonds. The van der Waals surface area contributed by atoms with Gasteiger partial charge in [-0.05, 0) is 37.5 Å². The van der Waals surface area contributed by atoms with Crippen LogP contribution in [0.15, 0.2) is 18.2 Å². The van der Waals surface area contributed by atoms with Gasteiger partial charge in [0, 0.05) is 12.2 Å². The van der Waals surface area contributed by atoms with Crippen LogP contribution in [-0.2, 0) is 16.4 Å². The molecule has 0 spiro atoms. The Kier molecular flexibility index (Phi) is 2.80. The molecule has 1 aromatic rings. The lowest BCUT2D eigenvalue weighted by atomic mass is 10.0. The maximum Gasteiger partial charge on any atom is 0.234 e. The van der Waals surface area contributed by atoms with E-state index in [0.717, 1.165) is 24.1 Å². The molecule has 0 saturated carbocycles. The van der Waals surface area contributed by atoms with E-state index < -0.39 is 10.0 Å². The molecule has 2 N–H and O–H groups in total. The Labute approximate surface area is 96.1 Å². The molecule has 0 bridgehead atoms. The summed E-state index contributed by atoms with van der Waals surface area (Å²) < 4.78 is 25.3. The van der Waals surface area contributed by atoms with Crippen LogP contribution in [0.2, 0.25) is 0 Å². The molecular formula is C11H16N2O2S. The number of nitrogen functional groups attached to an aromatic ring is 1. The molecule has 16 heavy (non-hydrogen) atoms. The molecule has 0 aromatic heterocycles.